The van der Waals surface area contributed by atoms with Crippen molar-refractivity contribution in [3.05, 3.63) is 24.3 Å². The first-order chi connectivity index (χ1) is 9.60. The monoisotopic (exact) mass is 333 g/mol. The van der Waals surface area contributed by atoms with Gasteiger partial charge in [-0.15, -0.1) is 0 Å². The van der Waals surface area contributed by atoms with E-state index in [0.29, 0.717) is 13.1 Å². The predicted molar refractivity (Wildman–Crippen MR) is 78.3 cm³/mol. The zero-order valence-corrected chi connectivity index (χ0v) is 13.8. The molecule has 0 saturated carbocycles. The zero-order chi connectivity index (χ0) is 15.8. The van der Waals surface area contributed by atoms with Crippen molar-refractivity contribution in [2.75, 3.05) is 19.3 Å². The molecule has 2 atom stereocenters. The van der Waals surface area contributed by atoms with Crippen molar-refractivity contribution in [3.63, 3.8) is 0 Å². The molecule has 6 nitrogen and oxygen atoms in total. The molecule has 0 N–H and O–H groups in total. The highest BCUT2D eigenvalue weighted by Crippen LogP contribution is 2.22. The Balaban J connectivity index is 2.31. The van der Waals surface area contributed by atoms with E-state index in [4.69, 9.17) is 4.74 Å². The van der Waals surface area contributed by atoms with Crippen molar-refractivity contribution in [3.8, 4) is 0 Å². The van der Waals surface area contributed by atoms with Crippen molar-refractivity contribution in [1.82, 2.24) is 4.31 Å². The summed E-state index contributed by atoms with van der Waals surface area (Å²) in [5, 5.41) is 0. The molecule has 21 heavy (non-hydrogen) atoms. The van der Waals surface area contributed by atoms with Gasteiger partial charge in [-0.25, -0.2) is 16.8 Å². The van der Waals surface area contributed by atoms with E-state index in [-0.39, 0.29) is 22.0 Å². The first-order valence-electron chi connectivity index (χ1n) is 6.56. The fourth-order valence-electron chi connectivity index (χ4n) is 2.33. The lowest BCUT2D eigenvalue weighted by Crippen LogP contribution is -2.48. The molecule has 0 bridgehead atoms. The molecule has 2 rings (SSSR count). The summed E-state index contributed by atoms with van der Waals surface area (Å²) in [6.45, 7) is 4.23. The predicted octanol–water partition coefficient (Wildman–Crippen LogP) is 0.888. The van der Waals surface area contributed by atoms with E-state index in [1.807, 2.05) is 13.8 Å². The molecule has 0 aliphatic carbocycles. The Morgan fingerprint density at radius 2 is 1.38 bits per heavy atom. The highest BCUT2D eigenvalue weighted by atomic mass is 32.2. The lowest BCUT2D eigenvalue weighted by Gasteiger charge is -2.34. The Hall–Kier alpha value is -0.960. The van der Waals surface area contributed by atoms with E-state index in [1.165, 1.54) is 28.6 Å². The summed E-state index contributed by atoms with van der Waals surface area (Å²) in [7, 11) is -6.97. The second-order valence-corrected chi connectivity index (χ2v) is 9.28. The van der Waals surface area contributed by atoms with Gasteiger partial charge in [0.1, 0.15) is 0 Å². The first-order valence-corrected chi connectivity index (χ1v) is 9.89. The summed E-state index contributed by atoms with van der Waals surface area (Å²) in [6, 6.07) is 5.29. The fourth-order valence-corrected chi connectivity index (χ4v) is 4.56. The van der Waals surface area contributed by atoms with Crippen LogP contribution in [0.1, 0.15) is 13.8 Å². The summed E-state index contributed by atoms with van der Waals surface area (Å²) in [6.07, 6.45) is 0.750. The van der Waals surface area contributed by atoms with E-state index in [9.17, 15) is 16.8 Å². The average Bonchev–Trinajstić information content (AvgIpc) is 2.36. The van der Waals surface area contributed by atoms with Gasteiger partial charge >= 0.3 is 0 Å². The van der Waals surface area contributed by atoms with Crippen LogP contribution in [-0.2, 0) is 24.6 Å². The molecule has 1 saturated heterocycles. The van der Waals surface area contributed by atoms with E-state index < -0.39 is 19.9 Å². The lowest BCUT2D eigenvalue weighted by atomic mass is 10.3. The SMILES string of the molecule is C[C@H]1CN(S(=O)(=O)c2ccc(S(C)(=O)=O)cc2)C[C@H](C)O1. The molecule has 1 fully saturated rings. The van der Waals surface area contributed by atoms with Gasteiger partial charge in [0.25, 0.3) is 0 Å². The molecule has 1 heterocycles. The van der Waals surface area contributed by atoms with Crippen molar-refractivity contribution in [1.29, 1.82) is 0 Å². The number of hydrogen-bond donors (Lipinski definition) is 0. The maximum absolute atomic E-state index is 12.6. The molecule has 1 aromatic carbocycles. The number of hydrogen-bond acceptors (Lipinski definition) is 5. The third kappa shape index (κ3) is 3.63. The summed E-state index contributed by atoms with van der Waals surface area (Å²) in [5.41, 5.74) is 0. The average molecular weight is 333 g/mol. The van der Waals surface area contributed by atoms with Gasteiger partial charge in [-0.1, -0.05) is 0 Å². The second kappa shape index (κ2) is 5.68. The van der Waals surface area contributed by atoms with Crippen LogP contribution in [-0.4, -0.2) is 52.7 Å². The van der Waals surface area contributed by atoms with Gasteiger partial charge in [0.2, 0.25) is 10.0 Å². The summed E-state index contributed by atoms with van der Waals surface area (Å²) in [4.78, 5) is 0.196. The minimum Gasteiger partial charge on any atom is -0.373 e. The number of sulfonamides is 1. The van der Waals surface area contributed by atoms with Crippen molar-refractivity contribution in [2.24, 2.45) is 0 Å². The number of ether oxygens (including phenoxy) is 1. The van der Waals surface area contributed by atoms with Crippen molar-refractivity contribution < 1.29 is 21.6 Å². The molecule has 118 valence electrons. The van der Waals surface area contributed by atoms with Crippen molar-refractivity contribution >= 4 is 19.9 Å². The van der Waals surface area contributed by atoms with Crippen LogP contribution in [0, 0.1) is 0 Å². The Bertz CT molecular complexity index is 699. The maximum Gasteiger partial charge on any atom is 0.243 e. The largest absolute Gasteiger partial charge is 0.373 e. The summed E-state index contributed by atoms with van der Waals surface area (Å²) in [5.74, 6) is 0. The van der Waals surface area contributed by atoms with Gasteiger partial charge in [0.15, 0.2) is 9.84 Å². The molecule has 8 heteroatoms. The minimum atomic E-state index is -3.63. The third-order valence-electron chi connectivity index (χ3n) is 3.28. The van der Waals surface area contributed by atoms with Crippen LogP contribution < -0.4 is 0 Å². The van der Waals surface area contributed by atoms with Gasteiger partial charge in [-0.05, 0) is 38.1 Å². The molecule has 0 aromatic heterocycles. The van der Waals surface area contributed by atoms with E-state index in [0.717, 1.165) is 6.26 Å². The zero-order valence-electron chi connectivity index (χ0n) is 12.2. The normalized spacial score (nSPS) is 24.9. The Morgan fingerprint density at radius 1 is 0.952 bits per heavy atom. The standard InChI is InChI=1S/C13H19NO5S2/c1-10-8-14(9-11(2)19-10)21(17,18)13-6-4-12(5-7-13)20(3,15)16/h4-7,10-11H,8-9H2,1-3H3/t10-,11-/m0/s1. The lowest BCUT2D eigenvalue weighted by molar-refractivity contribution is -0.0440. The van der Waals surface area contributed by atoms with Crippen LogP contribution in [0.4, 0.5) is 0 Å². The highest BCUT2D eigenvalue weighted by Gasteiger charge is 2.32. The van der Waals surface area contributed by atoms with E-state index in [2.05, 4.69) is 0 Å². The maximum atomic E-state index is 12.6. The molecule has 0 radical (unpaired) electrons. The van der Waals surface area contributed by atoms with Gasteiger partial charge in [-0.2, -0.15) is 4.31 Å². The summed E-state index contributed by atoms with van der Waals surface area (Å²) >= 11 is 0. The Labute approximate surface area is 125 Å². The Morgan fingerprint density at radius 3 is 1.81 bits per heavy atom. The molecular weight excluding hydrogens is 314 g/mol. The van der Waals surface area contributed by atoms with Gasteiger partial charge < -0.3 is 4.74 Å². The van der Waals surface area contributed by atoms with Crippen LogP contribution in [0.2, 0.25) is 0 Å². The van der Waals surface area contributed by atoms with Crippen LogP contribution in [0.3, 0.4) is 0 Å². The summed E-state index contributed by atoms with van der Waals surface area (Å²) < 4.78 is 54.8. The van der Waals surface area contributed by atoms with Gasteiger partial charge in [0.05, 0.1) is 22.0 Å². The van der Waals surface area contributed by atoms with E-state index >= 15 is 0 Å². The van der Waals surface area contributed by atoms with Crippen LogP contribution >= 0.6 is 0 Å². The molecule has 1 aliphatic rings. The Kier molecular flexibility index (Phi) is 4.44. The number of morpholine rings is 1. The highest BCUT2D eigenvalue weighted by molar-refractivity contribution is 7.90. The molecule has 0 amide bonds. The van der Waals surface area contributed by atoms with Crippen LogP contribution in [0.15, 0.2) is 34.1 Å². The first kappa shape index (κ1) is 16.4. The molecule has 1 aliphatic heterocycles. The smallest absolute Gasteiger partial charge is 0.243 e. The molecule has 0 spiro atoms. The number of sulfone groups is 1. The van der Waals surface area contributed by atoms with Gasteiger partial charge in [0, 0.05) is 19.3 Å². The van der Waals surface area contributed by atoms with Crippen LogP contribution in [0.5, 0.6) is 0 Å². The number of nitrogens with zero attached hydrogens (tertiary/aromatic N) is 1. The number of benzene rings is 1. The van der Waals surface area contributed by atoms with Gasteiger partial charge in [-0.3, -0.25) is 0 Å². The topological polar surface area (TPSA) is 80.8 Å². The quantitative estimate of drug-likeness (QED) is 0.820. The minimum absolute atomic E-state index is 0.0937. The second-order valence-electron chi connectivity index (χ2n) is 5.32. The van der Waals surface area contributed by atoms with E-state index in [1.54, 1.807) is 0 Å². The molecule has 1 aromatic rings. The number of rotatable bonds is 3. The third-order valence-corrected chi connectivity index (χ3v) is 6.25. The van der Waals surface area contributed by atoms with Crippen LogP contribution in [0.25, 0.3) is 0 Å². The van der Waals surface area contributed by atoms with Crippen molar-refractivity contribution in [2.45, 2.75) is 35.8 Å². The fraction of sp³-hybridized carbons (Fsp3) is 0.538. The molecular formula is C13H19NO5S2. The molecule has 0 unspecified atom stereocenters.